The quantitative estimate of drug-likeness (QED) is 0.532. The van der Waals surface area contributed by atoms with Crippen molar-refractivity contribution in [1.29, 1.82) is 0 Å². The van der Waals surface area contributed by atoms with E-state index in [9.17, 15) is 30.0 Å². The second-order valence-electron chi connectivity index (χ2n) is 7.52. The van der Waals surface area contributed by atoms with Gasteiger partial charge in [-0.15, -0.1) is 0 Å². The van der Waals surface area contributed by atoms with Gasteiger partial charge in [0.05, 0.1) is 33.8 Å². The summed E-state index contributed by atoms with van der Waals surface area (Å²) in [4.78, 5) is 4.86. The molecule has 2 heterocycles. The number of aryl methyl sites for hydroxylation is 1. The SMILES string of the molecule is CCCOS(=O)(=O)c1ccc(C)c(S(=O)(=O)N2CCN(c3cncc(C(F)(F)F)c3)CC2)c1. The molecule has 0 aliphatic carbocycles. The van der Waals surface area contributed by atoms with Crippen molar-refractivity contribution in [3.63, 3.8) is 0 Å². The Morgan fingerprint density at radius 3 is 2.30 bits per heavy atom. The third-order valence-corrected chi connectivity index (χ3v) is 8.51. The van der Waals surface area contributed by atoms with Gasteiger partial charge < -0.3 is 4.90 Å². The number of sulfonamides is 1. The summed E-state index contributed by atoms with van der Waals surface area (Å²) < 4.78 is 96.1. The van der Waals surface area contributed by atoms with Crippen molar-refractivity contribution < 1.29 is 34.2 Å². The second kappa shape index (κ2) is 9.57. The summed E-state index contributed by atoms with van der Waals surface area (Å²) in [5, 5.41) is 0. The molecule has 0 amide bonds. The number of hydrogen-bond donors (Lipinski definition) is 0. The lowest BCUT2D eigenvalue weighted by atomic mass is 10.2. The van der Waals surface area contributed by atoms with Crippen molar-refractivity contribution in [3.05, 3.63) is 47.8 Å². The van der Waals surface area contributed by atoms with Crippen molar-refractivity contribution in [2.75, 3.05) is 37.7 Å². The van der Waals surface area contributed by atoms with E-state index in [1.165, 1.54) is 22.6 Å². The summed E-state index contributed by atoms with van der Waals surface area (Å²) >= 11 is 0. The summed E-state index contributed by atoms with van der Waals surface area (Å²) in [7, 11) is -8.15. The summed E-state index contributed by atoms with van der Waals surface area (Å²) in [6, 6.07) is 4.75. The van der Waals surface area contributed by atoms with E-state index < -0.39 is 31.9 Å². The lowest BCUT2D eigenvalue weighted by Gasteiger charge is -2.35. The number of halogens is 3. The maximum atomic E-state index is 13.2. The predicted molar refractivity (Wildman–Crippen MR) is 115 cm³/mol. The molecular formula is C20H24F3N3O5S2. The van der Waals surface area contributed by atoms with Crippen LogP contribution in [0.3, 0.4) is 0 Å². The van der Waals surface area contributed by atoms with E-state index in [0.29, 0.717) is 12.0 Å². The van der Waals surface area contributed by atoms with Crippen LogP contribution in [0.15, 0.2) is 46.5 Å². The molecule has 2 aromatic rings. The van der Waals surface area contributed by atoms with E-state index in [-0.39, 0.29) is 48.3 Å². The molecule has 1 fully saturated rings. The van der Waals surface area contributed by atoms with Crippen molar-refractivity contribution >= 4 is 25.8 Å². The minimum absolute atomic E-state index is 0.0152. The molecule has 33 heavy (non-hydrogen) atoms. The number of benzene rings is 1. The Hall–Kier alpha value is -2.22. The van der Waals surface area contributed by atoms with Crippen LogP contribution < -0.4 is 4.90 Å². The van der Waals surface area contributed by atoms with E-state index in [4.69, 9.17) is 4.18 Å². The van der Waals surface area contributed by atoms with Crippen LogP contribution >= 0.6 is 0 Å². The minimum Gasteiger partial charge on any atom is -0.368 e. The van der Waals surface area contributed by atoms with Gasteiger partial charge in [-0.05, 0) is 37.1 Å². The average molecular weight is 508 g/mol. The van der Waals surface area contributed by atoms with Crippen LogP contribution in [-0.4, -0.2) is 58.9 Å². The third-order valence-electron chi connectivity index (χ3n) is 5.16. The molecular weight excluding hydrogens is 483 g/mol. The molecule has 0 bridgehead atoms. The number of hydrogen-bond acceptors (Lipinski definition) is 7. The van der Waals surface area contributed by atoms with Crippen LogP contribution in [0.4, 0.5) is 18.9 Å². The molecule has 0 radical (unpaired) electrons. The van der Waals surface area contributed by atoms with Crippen LogP contribution in [0.5, 0.6) is 0 Å². The van der Waals surface area contributed by atoms with Crippen molar-refractivity contribution in [2.24, 2.45) is 0 Å². The van der Waals surface area contributed by atoms with Crippen molar-refractivity contribution in [1.82, 2.24) is 9.29 Å². The van der Waals surface area contributed by atoms with E-state index in [2.05, 4.69) is 4.98 Å². The summed E-state index contributed by atoms with van der Waals surface area (Å²) in [5.41, 5.74) is -0.262. The highest BCUT2D eigenvalue weighted by atomic mass is 32.2. The van der Waals surface area contributed by atoms with Crippen LogP contribution in [-0.2, 0) is 30.5 Å². The molecule has 3 rings (SSSR count). The smallest absolute Gasteiger partial charge is 0.368 e. The average Bonchev–Trinajstić information content (AvgIpc) is 2.77. The van der Waals surface area contributed by atoms with Crippen LogP contribution in [0, 0.1) is 6.92 Å². The molecule has 1 aromatic heterocycles. The predicted octanol–water partition coefficient (Wildman–Crippen LogP) is 3.04. The van der Waals surface area contributed by atoms with Gasteiger partial charge in [-0.3, -0.25) is 9.17 Å². The molecule has 0 atom stereocenters. The van der Waals surface area contributed by atoms with Gasteiger partial charge >= 0.3 is 6.18 Å². The Kier molecular flexibility index (Phi) is 7.36. The second-order valence-corrected chi connectivity index (χ2v) is 11.0. The molecule has 1 aromatic carbocycles. The number of alkyl halides is 3. The van der Waals surface area contributed by atoms with Gasteiger partial charge in [0.15, 0.2) is 0 Å². The Morgan fingerprint density at radius 1 is 1.03 bits per heavy atom. The van der Waals surface area contributed by atoms with E-state index in [1.54, 1.807) is 18.7 Å². The fourth-order valence-corrected chi connectivity index (χ4v) is 6.12. The zero-order chi connectivity index (χ0) is 24.4. The van der Waals surface area contributed by atoms with Gasteiger partial charge in [0, 0.05) is 32.4 Å². The molecule has 13 heteroatoms. The molecule has 0 spiro atoms. The number of pyridine rings is 1. The number of anilines is 1. The molecule has 0 N–H and O–H groups in total. The van der Waals surface area contributed by atoms with Crippen molar-refractivity contribution in [2.45, 2.75) is 36.2 Å². The van der Waals surface area contributed by atoms with Crippen LogP contribution in [0.25, 0.3) is 0 Å². The normalized spacial score (nSPS) is 16.2. The van der Waals surface area contributed by atoms with Gasteiger partial charge in [0.25, 0.3) is 10.1 Å². The number of nitrogens with zero attached hydrogens (tertiary/aromatic N) is 3. The highest BCUT2D eigenvalue weighted by Crippen LogP contribution is 2.31. The fraction of sp³-hybridized carbons (Fsp3) is 0.450. The van der Waals surface area contributed by atoms with Gasteiger partial charge in [0.2, 0.25) is 10.0 Å². The van der Waals surface area contributed by atoms with Gasteiger partial charge in [0.1, 0.15) is 0 Å². The largest absolute Gasteiger partial charge is 0.417 e. The molecule has 182 valence electrons. The Labute approximate surface area is 191 Å². The lowest BCUT2D eigenvalue weighted by molar-refractivity contribution is -0.137. The molecule has 1 aliphatic rings. The highest BCUT2D eigenvalue weighted by Gasteiger charge is 2.33. The lowest BCUT2D eigenvalue weighted by Crippen LogP contribution is -2.48. The fourth-order valence-electron chi connectivity index (χ4n) is 3.36. The molecule has 0 saturated carbocycles. The summed E-state index contributed by atoms with van der Waals surface area (Å²) in [6.07, 6.45) is -2.02. The first-order chi connectivity index (χ1) is 15.4. The number of aromatic nitrogens is 1. The minimum atomic E-state index is -4.53. The standard InChI is InChI=1S/C20H24F3N3O5S2/c1-3-10-31-33(29,30)18-5-4-15(2)19(12-18)32(27,28)26-8-6-25(7-9-26)17-11-16(13-24-14-17)20(21,22)23/h4-5,11-14H,3,6-10H2,1-2H3. The van der Waals surface area contributed by atoms with E-state index in [0.717, 1.165) is 18.3 Å². The van der Waals surface area contributed by atoms with Gasteiger partial charge in [-0.2, -0.15) is 25.9 Å². The number of piperazine rings is 1. The first kappa shape index (κ1) is 25.4. The van der Waals surface area contributed by atoms with Gasteiger partial charge in [-0.1, -0.05) is 13.0 Å². The topological polar surface area (TPSA) is 96.9 Å². The zero-order valence-electron chi connectivity index (χ0n) is 18.0. The maximum Gasteiger partial charge on any atom is 0.417 e. The highest BCUT2D eigenvalue weighted by molar-refractivity contribution is 7.89. The third kappa shape index (κ3) is 5.65. The monoisotopic (exact) mass is 507 g/mol. The van der Waals surface area contributed by atoms with Crippen molar-refractivity contribution in [3.8, 4) is 0 Å². The van der Waals surface area contributed by atoms with E-state index in [1.807, 2.05) is 0 Å². The van der Waals surface area contributed by atoms with E-state index >= 15 is 0 Å². The Bertz CT molecular complexity index is 1210. The van der Waals surface area contributed by atoms with Crippen LogP contribution in [0.1, 0.15) is 24.5 Å². The first-order valence-electron chi connectivity index (χ1n) is 10.1. The molecule has 1 saturated heterocycles. The molecule has 8 nitrogen and oxygen atoms in total. The first-order valence-corrected chi connectivity index (χ1v) is 13.0. The Balaban J connectivity index is 1.80. The van der Waals surface area contributed by atoms with Gasteiger partial charge in [-0.25, -0.2) is 8.42 Å². The Morgan fingerprint density at radius 2 is 1.70 bits per heavy atom. The maximum absolute atomic E-state index is 13.2. The molecule has 0 unspecified atom stereocenters. The number of rotatable bonds is 7. The van der Waals surface area contributed by atoms with Crippen LogP contribution in [0.2, 0.25) is 0 Å². The summed E-state index contributed by atoms with van der Waals surface area (Å²) in [5.74, 6) is 0. The molecule has 1 aliphatic heterocycles. The zero-order valence-corrected chi connectivity index (χ0v) is 19.7. The summed E-state index contributed by atoms with van der Waals surface area (Å²) in [6.45, 7) is 3.61.